The predicted molar refractivity (Wildman–Crippen MR) is 88.0 cm³/mol. The van der Waals surface area contributed by atoms with Crippen molar-refractivity contribution >= 4 is 11.3 Å². The van der Waals surface area contributed by atoms with Crippen LogP contribution in [0.5, 0.6) is 0 Å². The molecule has 21 heavy (non-hydrogen) atoms. The minimum atomic E-state index is 0.0368. The molecule has 2 unspecified atom stereocenters. The van der Waals surface area contributed by atoms with Crippen molar-refractivity contribution in [3.05, 3.63) is 15.6 Å². The van der Waals surface area contributed by atoms with Crippen molar-refractivity contribution in [1.29, 1.82) is 0 Å². The third-order valence-corrected chi connectivity index (χ3v) is 6.07. The molecule has 118 valence electrons. The molecule has 4 heteroatoms. The monoisotopic (exact) mass is 308 g/mol. The quantitative estimate of drug-likeness (QED) is 0.918. The van der Waals surface area contributed by atoms with Gasteiger partial charge in [-0.2, -0.15) is 0 Å². The summed E-state index contributed by atoms with van der Waals surface area (Å²) < 4.78 is 5.98. The summed E-state index contributed by atoms with van der Waals surface area (Å²) in [6, 6.07) is 0. The Morgan fingerprint density at radius 1 is 1.24 bits per heavy atom. The van der Waals surface area contributed by atoms with E-state index in [-0.39, 0.29) is 5.54 Å². The van der Waals surface area contributed by atoms with E-state index in [4.69, 9.17) is 9.72 Å². The Kier molecular flexibility index (Phi) is 4.67. The maximum absolute atomic E-state index is 5.98. The number of ether oxygens (including phenoxy) is 1. The topological polar surface area (TPSA) is 34.2 Å². The van der Waals surface area contributed by atoms with Gasteiger partial charge in [-0.25, -0.2) is 4.98 Å². The summed E-state index contributed by atoms with van der Waals surface area (Å²) >= 11 is 1.97. The summed E-state index contributed by atoms with van der Waals surface area (Å²) in [4.78, 5) is 6.61. The molecule has 1 saturated heterocycles. The highest BCUT2D eigenvalue weighted by Crippen LogP contribution is 2.41. The molecule has 0 bridgehead atoms. The minimum absolute atomic E-state index is 0.0368. The lowest BCUT2D eigenvalue weighted by Gasteiger charge is -2.42. The molecule has 1 aromatic heterocycles. The Morgan fingerprint density at radius 3 is 2.62 bits per heavy atom. The number of aryl methyl sites for hydroxylation is 2. The highest BCUT2D eigenvalue weighted by Gasteiger charge is 2.42. The minimum Gasteiger partial charge on any atom is -0.375 e. The van der Waals surface area contributed by atoms with E-state index in [1.807, 2.05) is 11.3 Å². The smallest absolute Gasteiger partial charge is 0.113 e. The first-order valence-corrected chi connectivity index (χ1v) is 9.34. The second-order valence-electron chi connectivity index (χ2n) is 6.77. The largest absolute Gasteiger partial charge is 0.375 e. The summed E-state index contributed by atoms with van der Waals surface area (Å²) in [6.07, 6.45) is 8.92. The molecule has 0 radical (unpaired) electrons. The van der Waals surface area contributed by atoms with E-state index in [0.717, 1.165) is 25.8 Å². The van der Waals surface area contributed by atoms with Gasteiger partial charge in [-0.1, -0.05) is 6.92 Å². The molecule has 2 atom stereocenters. The summed E-state index contributed by atoms with van der Waals surface area (Å²) in [5.74, 6) is 0. The molecule has 2 heterocycles. The fourth-order valence-electron chi connectivity index (χ4n) is 3.87. The van der Waals surface area contributed by atoms with Gasteiger partial charge in [-0.3, -0.25) is 0 Å². The van der Waals surface area contributed by atoms with Gasteiger partial charge < -0.3 is 10.1 Å². The van der Waals surface area contributed by atoms with E-state index in [9.17, 15) is 0 Å². The number of hydrogen-bond acceptors (Lipinski definition) is 4. The molecule has 0 saturated carbocycles. The van der Waals surface area contributed by atoms with Gasteiger partial charge in [0.15, 0.2) is 0 Å². The number of nitrogens with zero attached hydrogens (tertiary/aromatic N) is 1. The standard InChI is InChI=1S/C17H28N2OS/c1-4-9-18-17(10-12(2)20-13(3)11-17)16-19-14-7-5-6-8-15(14)21-16/h12-13,18H,4-11H2,1-3H3. The van der Waals surface area contributed by atoms with Crippen molar-refractivity contribution in [3.63, 3.8) is 0 Å². The van der Waals surface area contributed by atoms with Crippen molar-refractivity contribution in [1.82, 2.24) is 10.3 Å². The molecule has 0 aromatic carbocycles. The van der Waals surface area contributed by atoms with Crippen molar-refractivity contribution in [2.45, 2.75) is 83.5 Å². The first kappa shape index (κ1) is 15.4. The van der Waals surface area contributed by atoms with Crippen LogP contribution in [0.25, 0.3) is 0 Å². The van der Waals surface area contributed by atoms with Crippen molar-refractivity contribution in [3.8, 4) is 0 Å². The Labute approximate surface area is 132 Å². The van der Waals surface area contributed by atoms with E-state index in [0.29, 0.717) is 12.2 Å². The number of hydrogen-bond donors (Lipinski definition) is 1. The lowest BCUT2D eigenvalue weighted by atomic mass is 9.84. The molecule has 1 N–H and O–H groups in total. The lowest BCUT2D eigenvalue weighted by molar-refractivity contribution is -0.0712. The summed E-state index contributed by atoms with van der Waals surface area (Å²) in [6.45, 7) is 7.69. The van der Waals surface area contributed by atoms with E-state index in [2.05, 4.69) is 26.1 Å². The summed E-state index contributed by atoms with van der Waals surface area (Å²) in [7, 11) is 0. The average molecular weight is 308 g/mol. The zero-order valence-corrected chi connectivity index (χ0v) is 14.4. The normalized spacial score (nSPS) is 32.9. The van der Waals surface area contributed by atoms with Crippen LogP contribution in [0.3, 0.4) is 0 Å². The Bertz CT molecular complexity index is 452. The number of fused-ring (bicyclic) bond motifs is 1. The molecule has 1 aromatic rings. The fourth-order valence-corrected chi connectivity index (χ4v) is 5.21. The predicted octanol–water partition coefficient (Wildman–Crippen LogP) is 3.80. The first-order valence-electron chi connectivity index (χ1n) is 8.52. The fraction of sp³-hybridized carbons (Fsp3) is 0.824. The van der Waals surface area contributed by atoms with Gasteiger partial charge >= 0.3 is 0 Å². The van der Waals surface area contributed by atoms with Gasteiger partial charge in [-0.15, -0.1) is 11.3 Å². The second kappa shape index (κ2) is 6.35. The van der Waals surface area contributed by atoms with Crippen LogP contribution in [0.15, 0.2) is 0 Å². The van der Waals surface area contributed by atoms with E-state index in [1.165, 1.54) is 36.4 Å². The van der Waals surface area contributed by atoms with Crippen molar-refractivity contribution < 1.29 is 4.74 Å². The molecule has 3 rings (SSSR count). The van der Waals surface area contributed by atoms with E-state index < -0.39 is 0 Å². The molecule has 2 aliphatic rings. The second-order valence-corrected chi connectivity index (χ2v) is 7.85. The van der Waals surface area contributed by atoms with E-state index in [1.54, 1.807) is 4.88 Å². The Morgan fingerprint density at radius 2 is 1.95 bits per heavy atom. The van der Waals surface area contributed by atoms with Gasteiger partial charge in [0.25, 0.3) is 0 Å². The molecule has 0 amide bonds. The number of rotatable bonds is 4. The first-order chi connectivity index (χ1) is 10.1. The third kappa shape index (κ3) is 3.17. The molecule has 1 aliphatic heterocycles. The zero-order valence-electron chi connectivity index (χ0n) is 13.6. The number of aromatic nitrogens is 1. The molecule has 3 nitrogen and oxygen atoms in total. The maximum Gasteiger partial charge on any atom is 0.113 e. The van der Waals surface area contributed by atoms with Gasteiger partial charge in [0.05, 0.1) is 23.4 Å². The van der Waals surface area contributed by atoms with Crippen molar-refractivity contribution in [2.24, 2.45) is 0 Å². The molecule has 0 spiro atoms. The molecular weight excluding hydrogens is 280 g/mol. The highest BCUT2D eigenvalue weighted by molar-refractivity contribution is 7.11. The van der Waals surface area contributed by atoms with Gasteiger partial charge in [-0.05, 0) is 65.3 Å². The van der Waals surface area contributed by atoms with Gasteiger partial charge in [0, 0.05) is 4.88 Å². The highest BCUT2D eigenvalue weighted by atomic mass is 32.1. The summed E-state index contributed by atoms with van der Waals surface area (Å²) in [5.41, 5.74) is 1.42. The van der Waals surface area contributed by atoms with Crippen LogP contribution in [0, 0.1) is 0 Å². The van der Waals surface area contributed by atoms with Crippen LogP contribution in [-0.4, -0.2) is 23.7 Å². The van der Waals surface area contributed by atoms with Crippen LogP contribution >= 0.6 is 11.3 Å². The average Bonchev–Trinajstić information content (AvgIpc) is 2.88. The molecule has 1 fully saturated rings. The van der Waals surface area contributed by atoms with Crippen LogP contribution in [0.2, 0.25) is 0 Å². The number of thiazole rings is 1. The van der Waals surface area contributed by atoms with Crippen molar-refractivity contribution in [2.75, 3.05) is 6.54 Å². The number of nitrogens with one attached hydrogen (secondary N) is 1. The van der Waals surface area contributed by atoms with Crippen LogP contribution in [-0.2, 0) is 23.1 Å². The Balaban J connectivity index is 1.92. The van der Waals surface area contributed by atoms with Crippen LogP contribution < -0.4 is 5.32 Å². The van der Waals surface area contributed by atoms with Crippen LogP contribution in [0.4, 0.5) is 0 Å². The molecule has 1 aliphatic carbocycles. The van der Waals surface area contributed by atoms with Gasteiger partial charge in [0.1, 0.15) is 5.01 Å². The zero-order chi connectivity index (χ0) is 14.9. The maximum atomic E-state index is 5.98. The van der Waals surface area contributed by atoms with E-state index >= 15 is 0 Å². The Hall–Kier alpha value is -0.450. The SMILES string of the molecule is CCCNC1(c2nc3c(s2)CCCC3)CC(C)OC(C)C1. The van der Waals surface area contributed by atoms with Crippen LogP contribution in [0.1, 0.15) is 68.5 Å². The third-order valence-electron chi connectivity index (χ3n) is 4.70. The molecular formula is C17H28N2OS. The summed E-state index contributed by atoms with van der Waals surface area (Å²) in [5, 5.41) is 5.16. The lowest BCUT2D eigenvalue weighted by Crippen LogP contribution is -2.51. The van der Waals surface area contributed by atoms with Gasteiger partial charge in [0.2, 0.25) is 0 Å².